The number of hydrogen-bond donors (Lipinski definition) is 0. The second-order valence-corrected chi connectivity index (χ2v) is 8.42. The van der Waals surface area contributed by atoms with E-state index in [1.54, 1.807) is 14.2 Å². The Balaban J connectivity index is 1.22. The second-order valence-electron chi connectivity index (χ2n) is 8.42. The molecule has 0 aromatic heterocycles. The van der Waals surface area contributed by atoms with Crippen molar-refractivity contribution in [1.29, 1.82) is 0 Å². The van der Waals surface area contributed by atoms with E-state index in [0.29, 0.717) is 0 Å². The molecule has 0 radical (unpaired) electrons. The highest BCUT2D eigenvalue weighted by atomic mass is 16.7. The molecule has 0 unspecified atom stereocenters. The van der Waals surface area contributed by atoms with Gasteiger partial charge in [0, 0.05) is 25.2 Å². The molecule has 4 rings (SSSR count). The van der Waals surface area contributed by atoms with Crippen LogP contribution in [0.15, 0.2) is 42.0 Å². The van der Waals surface area contributed by atoms with E-state index in [-0.39, 0.29) is 12.7 Å². The third-order valence-corrected chi connectivity index (χ3v) is 6.15. The molecule has 176 valence electrons. The molecular weight excluding hydrogens is 420 g/mol. The first-order chi connectivity index (χ1) is 16.1. The van der Waals surface area contributed by atoms with Gasteiger partial charge >= 0.3 is 0 Å². The number of amides is 1. The SMILES string of the molecule is COc1ccc(CCN(C)CCCN2CCC(=Cc3ccc4c(c3)OCO4)C2=O)cc1OC. The first kappa shape index (κ1) is 23.0. The highest BCUT2D eigenvalue weighted by Gasteiger charge is 2.25. The van der Waals surface area contributed by atoms with Gasteiger partial charge in [-0.2, -0.15) is 0 Å². The van der Waals surface area contributed by atoms with Crippen LogP contribution in [0.3, 0.4) is 0 Å². The summed E-state index contributed by atoms with van der Waals surface area (Å²) < 4.78 is 21.5. The molecule has 2 aromatic rings. The molecular formula is C26H32N2O5. The predicted molar refractivity (Wildman–Crippen MR) is 127 cm³/mol. The number of hydrogen-bond acceptors (Lipinski definition) is 6. The van der Waals surface area contributed by atoms with Gasteiger partial charge in [0.25, 0.3) is 0 Å². The highest BCUT2D eigenvalue weighted by molar-refractivity contribution is 5.99. The van der Waals surface area contributed by atoms with Crippen molar-refractivity contribution >= 4 is 12.0 Å². The average Bonchev–Trinajstić information content (AvgIpc) is 3.44. The molecule has 2 aliphatic heterocycles. The molecule has 1 fully saturated rings. The molecule has 1 saturated heterocycles. The molecule has 0 bridgehead atoms. The first-order valence-corrected chi connectivity index (χ1v) is 11.4. The normalized spacial score (nSPS) is 16.2. The molecule has 0 N–H and O–H groups in total. The number of ether oxygens (including phenoxy) is 4. The fourth-order valence-electron chi connectivity index (χ4n) is 4.22. The van der Waals surface area contributed by atoms with E-state index in [0.717, 1.165) is 79.6 Å². The van der Waals surface area contributed by atoms with Gasteiger partial charge in [0.1, 0.15) is 0 Å². The van der Waals surface area contributed by atoms with Crippen molar-refractivity contribution in [3.63, 3.8) is 0 Å². The van der Waals surface area contributed by atoms with Gasteiger partial charge < -0.3 is 28.7 Å². The van der Waals surface area contributed by atoms with E-state index in [4.69, 9.17) is 18.9 Å². The molecule has 2 aromatic carbocycles. The van der Waals surface area contributed by atoms with E-state index in [1.165, 1.54) is 5.56 Å². The van der Waals surface area contributed by atoms with Crippen molar-refractivity contribution in [2.24, 2.45) is 0 Å². The van der Waals surface area contributed by atoms with Crippen LogP contribution in [-0.2, 0) is 11.2 Å². The van der Waals surface area contributed by atoms with Crippen molar-refractivity contribution < 1.29 is 23.7 Å². The molecule has 7 heteroatoms. The number of carbonyl (C=O) groups excluding carboxylic acids is 1. The summed E-state index contributed by atoms with van der Waals surface area (Å²) in [6, 6.07) is 11.8. The zero-order valence-corrected chi connectivity index (χ0v) is 19.6. The van der Waals surface area contributed by atoms with Crippen molar-refractivity contribution in [2.45, 2.75) is 19.3 Å². The van der Waals surface area contributed by atoms with Crippen molar-refractivity contribution in [3.05, 3.63) is 53.1 Å². The van der Waals surface area contributed by atoms with Gasteiger partial charge in [-0.1, -0.05) is 12.1 Å². The fourth-order valence-corrected chi connectivity index (χ4v) is 4.22. The van der Waals surface area contributed by atoms with Crippen LogP contribution in [0.1, 0.15) is 24.0 Å². The van der Waals surface area contributed by atoms with Crippen LogP contribution < -0.4 is 18.9 Å². The Labute approximate surface area is 195 Å². The van der Waals surface area contributed by atoms with Crippen LogP contribution in [0.4, 0.5) is 0 Å². The van der Waals surface area contributed by atoms with E-state index >= 15 is 0 Å². The predicted octanol–water partition coefficient (Wildman–Crippen LogP) is 3.61. The Morgan fingerprint density at radius 2 is 1.85 bits per heavy atom. The number of fused-ring (bicyclic) bond motifs is 1. The fraction of sp³-hybridized carbons (Fsp3) is 0.423. The van der Waals surface area contributed by atoms with Crippen molar-refractivity contribution in [2.75, 3.05) is 54.2 Å². The maximum atomic E-state index is 12.8. The second kappa shape index (κ2) is 10.6. The van der Waals surface area contributed by atoms with Gasteiger partial charge in [-0.25, -0.2) is 0 Å². The lowest BCUT2D eigenvalue weighted by Crippen LogP contribution is -2.30. The van der Waals surface area contributed by atoms with Crippen LogP contribution in [0, 0.1) is 0 Å². The van der Waals surface area contributed by atoms with Gasteiger partial charge in [-0.05, 0) is 74.3 Å². The number of nitrogens with zero attached hydrogens (tertiary/aromatic N) is 2. The van der Waals surface area contributed by atoms with E-state index in [2.05, 4.69) is 18.0 Å². The standard InChI is InChI=1S/C26H32N2O5/c1-27(13-9-19-5-7-22(30-2)24(16-19)31-3)11-4-12-28-14-10-21(26(28)29)15-20-6-8-23-25(17-20)33-18-32-23/h5-8,15-17H,4,9-14,18H2,1-3H3. The monoisotopic (exact) mass is 452 g/mol. The molecule has 0 atom stereocenters. The maximum Gasteiger partial charge on any atom is 0.249 e. The summed E-state index contributed by atoms with van der Waals surface area (Å²) in [5.74, 6) is 3.14. The van der Waals surface area contributed by atoms with E-state index in [1.807, 2.05) is 41.3 Å². The molecule has 0 aliphatic carbocycles. The molecule has 33 heavy (non-hydrogen) atoms. The number of carbonyl (C=O) groups is 1. The lowest BCUT2D eigenvalue weighted by molar-refractivity contribution is -0.124. The molecule has 0 saturated carbocycles. The van der Waals surface area contributed by atoms with Crippen molar-refractivity contribution in [1.82, 2.24) is 9.80 Å². The summed E-state index contributed by atoms with van der Waals surface area (Å²) >= 11 is 0. The lowest BCUT2D eigenvalue weighted by Gasteiger charge is -2.20. The third-order valence-electron chi connectivity index (χ3n) is 6.15. The van der Waals surface area contributed by atoms with Crippen LogP contribution in [-0.4, -0.2) is 69.9 Å². The zero-order valence-electron chi connectivity index (χ0n) is 19.6. The Morgan fingerprint density at radius 3 is 2.67 bits per heavy atom. The first-order valence-electron chi connectivity index (χ1n) is 11.4. The maximum absolute atomic E-state index is 12.8. The topological polar surface area (TPSA) is 60.5 Å². The van der Waals surface area contributed by atoms with Crippen LogP contribution in [0.25, 0.3) is 6.08 Å². The zero-order chi connectivity index (χ0) is 23.2. The Hall–Kier alpha value is -3.19. The van der Waals surface area contributed by atoms with Gasteiger partial charge in [0.15, 0.2) is 23.0 Å². The molecule has 0 spiro atoms. The summed E-state index contributed by atoms with van der Waals surface area (Å²) in [5.41, 5.74) is 3.04. The van der Waals surface area contributed by atoms with E-state index in [9.17, 15) is 4.79 Å². The minimum absolute atomic E-state index is 0.139. The quantitative estimate of drug-likeness (QED) is 0.514. The van der Waals surface area contributed by atoms with Gasteiger partial charge in [0.2, 0.25) is 12.7 Å². The Bertz CT molecular complexity index is 1020. The highest BCUT2D eigenvalue weighted by Crippen LogP contribution is 2.33. The molecule has 1 amide bonds. The number of likely N-dealkylation sites (N-methyl/N-ethyl adjacent to an activating group) is 1. The number of methoxy groups -OCH3 is 2. The Kier molecular flexibility index (Phi) is 7.40. The number of likely N-dealkylation sites (tertiary alicyclic amines) is 1. The number of benzene rings is 2. The van der Waals surface area contributed by atoms with Crippen LogP contribution >= 0.6 is 0 Å². The molecule has 2 heterocycles. The minimum atomic E-state index is 0.139. The summed E-state index contributed by atoms with van der Waals surface area (Å²) in [6.45, 7) is 3.70. The van der Waals surface area contributed by atoms with Gasteiger partial charge in [0.05, 0.1) is 14.2 Å². The molecule has 7 nitrogen and oxygen atoms in total. The summed E-state index contributed by atoms with van der Waals surface area (Å²) in [6.07, 6.45) is 4.63. The van der Waals surface area contributed by atoms with Crippen LogP contribution in [0.2, 0.25) is 0 Å². The van der Waals surface area contributed by atoms with Crippen molar-refractivity contribution in [3.8, 4) is 23.0 Å². The number of rotatable bonds is 10. The largest absolute Gasteiger partial charge is 0.493 e. The summed E-state index contributed by atoms with van der Waals surface area (Å²) in [4.78, 5) is 17.1. The molecule has 2 aliphatic rings. The Morgan fingerprint density at radius 1 is 1.03 bits per heavy atom. The summed E-state index contributed by atoms with van der Waals surface area (Å²) in [7, 11) is 5.42. The smallest absolute Gasteiger partial charge is 0.249 e. The average molecular weight is 453 g/mol. The van der Waals surface area contributed by atoms with Gasteiger partial charge in [-0.15, -0.1) is 0 Å². The summed E-state index contributed by atoms with van der Waals surface area (Å²) in [5, 5.41) is 0. The van der Waals surface area contributed by atoms with E-state index < -0.39 is 0 Å². The third kappa shape index (κ3) is 5.60. The lowest BCUT2D eigenvalue weighted by atomic mass is 10.1. The van der Waals surface area contributed by atoms with Gasteiger partial charge in [-0.3, -0.25) is 4.79 Å². The minimum Gasteiger partial charge on any atom is -0.493 e. The van der Waals surface area contributed by atoms with Crippen LogP contribution in [0.5, 0.6) is 23.0 Å².